The monoisotopic (exact) mass is 408 g/mol. The van der Waals surface area contributed by atoms with Crippen LogP contribution in [0.25, 0.3) is 5.69 Å². The SMILES string of the molecule is Cc1nc(C(=O)Nc2ccnc(Cl)c2)c2n1-c1cc(Cl)c(F)cc1SC2. The molecule has 0 radical (unpaired) electrons. The number of imidazole rings is 1. The summed E-state index contributed by atoms with van der Waals surface area (Å²) in [4.78, 5) is 21.8. The molecular weight excluding hydrogens is 398 g/mol. The van der Waals surface area contributed by atoms with Crippen LogP contribution in [-0.2, 0) is 5.75 Å². The molecule has 3 aromatic rings. The van der Waals surface area contributed by atoms with Crippen LogP contribution < -0.4 is 5.32 Å². The summed E-state index contributed by atoms with van der Waals surface area (Å²) in [6.07, 6.45) is 1.51. The minimum Gasteiger partial charge on any atom is -0.320 e. The molecule has 0 atom stereocenters. The Balaban J connectivity index is 1.75. The fraction of sp³-hybridized carbons (Fsp3) is 0.118. The van der Waals surface area contributed by atoms with Crippen molar-refractivity contribution in [3.8, 4) is 5.69 Å². The molecule has 3 heterocycles. The normalized spacial score (nSPS) is 12.5. The van der Waals surface area contributed by atoms with E-state index in [2.05, 4.69) is 15.3 Å². The molecule has 1 N–H and O–H groups in total. The van der Waals surface area contributed by atoms with Crippen molar-refractivity contribution in [2.75, 3.05) is 5.32 Å². The van der Waals surface area contributed by atoms with Gasteiger partial charge in [0.25, 0.3) is 5.91 Å². The highest BCUT2D eigenvalue weighted by molar-refractivity contribution is 7.98. The Morgan fingerprint density at radius 2 is 2.15 bits per heavy atom. The Morgan fingerprint density at radius 1 is 1.35 bits per heavy atom. The van der Waals surface area contributed by atoms with Gasteiger partial charge in [-0.2, -0.15) is 0 Å². The molecule has 2 aromatic heterocycles. The number of carbonyl (C=O) groups is 1. The molecule has 5 nitrogen and oxygen atoms in total. The van der Waals surface area contributed by atoms with Gasteiger partial charge in [-0.25, -0.2) is 14.4 Å². The van der Waals surface area contributed by atoms with Crippen molar-refractivity contribution in [3.63, 3.8) is 0 Å². The molecule has 0 saturated carbocycles. The van der Waals surface area contributed by atoms with Crippen molar-refractivity contribution in [1.82, 2.24) is 14.5 Å². The third-order valence-electron chi connectivity index (χ3n) is 3.95. The van der Waals surface area contributed by atoms with Gasteiger partial charge in [-0.3, -0.25) is 9.36 Å². The number of hydrogen-bond donors (Lipinski definition) is 1. The highest BCUT2D eigenvalue weighted by Gasteiger charge is 2.27. The topological polar surface area (TPSA) is 59.8 Å². The van der Waals surface area contributed by atoms with Gasteiger partial charge in [0.2, 0.25) is 0 Å². The van der Waals surface area contributed by atoms with Crippen molar-refractivity contribution < 1.29 is 9.18 Å². The van der Waals surface area contributed by atoms with Gasteiger partial charge in [-0.1, -0.05) is 23.2 Å². The van der Waals surface area contributed by atoms with Crippen molar-refractivity contribution in [1.29, 1.82) is 0 Å². The molecule has 0 bridgehead atoms. The van der Waals surface area contributed by atoms with Crippen LogP contribution in [0.4, 0.5) is 10.1 Å². The van der Waals surface area contributed by atoms with E-state index in [9.17, 15) is 9.18 Å². The van der Waals surface area contributed by atoms with Crippen molar-refractivity contribution in [2.45, 2.75) is 17.6 Å². The third-order valence-corrected chi connectivity index (χ3v) is 5.50. The van der Waals surface area contributed by atoms with E-state index in [0.29, 0.717) is 23.0 Å². The Hall–Kier alpha value is -2.09. The number of pyridine rings is 1. The molecule has 1 aromatic carbocycles. The van der Waals surface area contributed by atoms with E-state index in [0.717, 1.165) is 16.3 Å². The Kier molecular flexibility index (Phi) is 4.38. The Labute approximate surface area is 162 Å². The number of fused-ring (bicyclic) bond motifs is 3. The summed E-state index contributed by atoms with van der Waals surface area (Å²) in [6, 6.07) is 6.16. The van der Waals surface area contributed by atoms with E-state index in [1.54, 1.807) is 25.1 Å². The molecule has 1 aliphatic heterocycles. The molecule has 9 heteroatoms. The van der Waals surface area contributed by atoms with Crippen LogP contribution in [0.2, 0.25) is 10.2 Å². The summed E-state index contributed by atoms with van der Waals surface area (Å²) in [7, 11) is 0. The maximum atomic E-state index is 13.7. The van der Waals surface area contributed by atoms with Gasteiger partial charge in [-0.15, -0.1) is 11.8 Å². The van der Waals surface area contributed by atoms with Crippen LogP contribution >= 0.6 is 35.0 Å². The number of anilines is 1. The predicted octanol–water partition coefficient (Wildman–Crippen LogP) is 4.88. The zero-order valence-electron chi connectivity index (χ0n) is 13.4. The molecule has 0 aliphatic carbocycles. The number of nitrogens with zero attached hydrogens (tertiary/aromatic N) is 3. The largest absolute Gasteiger partial charge is 0.320 e. The molecule has 1 aliphatic rings. The summed E-state index contributed by atoms with van der Waals surface area (Å²) in [5.41, 5.74) is 2.30. The molecular formula is C17H11Cl2FN4OS. The average molecular weight is 409 g/mol. The number of aromatic nitrogens is 3. The van der Waals surface area contributed by atoms with Crippen molar-refractivity contribution in [2.24, 2.45) is 0 Å². The van der Waals surface area contributed by atoms with Crippen molar-refractivity contribution in [3.05, 3.63) is 63.7 Å². The van der Waals surface area contributed by atoms with Crippen molar-refractivity contribution >= 4 is 46.6 Å². The second kappa shape index (κ2) is 6.57. The first kappa shape index (κ1) is 17.3. The van der Waals surface area contributed by atoms with Crippen LogP contribution in [-0.4, -0.2) is 20.4 Å². The molecule has 0 saturated heterocycles. The number of amides is 1. The smallest absolute Gasteiger partial charge is 0.276 e. The lowest BCUT2D eigenvalue weighted by molar-refractivity contribution is 0.102. The first-order valence-corrected chi connectivity index (χ1v) is 9.31. The average Bonchev–Trinajstić information content (AvgIpc) is 2.93. The number of carbonyl (C=O) groups excluding carboxylic acids is 1. The Bertz CT molecular complexity index is 1050. The van der Waals surface area contributed by atoms with Gasteiger partial charge in [0, 0.05) is 22.5 Å². The highest BCUT2D eigenvalue weighted by atomic mass is 35.5. The van der Waals surface area contributed by atoms with Gasteiger partial charge in [-0.05, 0) is 31.2 Å². The number of thioether (sulfide) groups is 1. The molecule has 132 valence electrons. The lowest BCUT2D eigenvalue weighted by atomic mass is 10.2. The van der Waals surface area contributed by atoms with E-state index in [-0.39, 0.29) is 16.1 Å². The third kappa shape index (κ3) is 2.96. The first-order valence-electron chi connectivity index (χ1n) is 7.57. The summed E-state index contributed by atoms with van der Waals surface area (Å²) < 4.78 is 15.6. The number of aryl methyl sites for hydroxylation is 1. The number of halogens is 3. The number of benzene rings is 1. The summed E-state index contributed by atoms with van der Waals surface area (Å²) in [5, 5.41) is 3.09. The zero-order chi connectivity index (χ0) is 18.4. The van der Waals surface area contributed by atoms with Gasteiger partial charge < -0.3 is 5.32 Å². The zero-order valence-corrected chi connectivity index (χ0v) is 15.7. The van der Waals surface area contributed by atoms with Gasteiger partial charge in [0.15, 0.2) is 5.69 Å². The van der Waals surface area contributed by atoms with Crippen LogP contribution in [0.5, 0.6) is 0 Å². The maximum absolute atomic E-state index is 13.7. The summed E-state index contributed by atoms with van der Waals surface area (Å²) >= 11 is 13.2. The lowest BCUT2D eigenvalue weighted by Crippen LogP contribution is -2.16. The fourth-order valence-electron chi connectivity index (χ4n) is 2.84. The first-order chi connectivity index (χ1) is 12.4. The molecule has 1 amide bonds. The quantitative estimate of drug-likeness (QED) is 0.613. The van der Waals surface area contributed by atoms with E-state index in [1.165, 1.54) is 24.0 Å². The highest BCUT2D eigenvalue weighted by Crippen LogP contribution is 2.39. The minimum absolute atomic E-state index is 0.0303. The molecule has 0 fully saturated rings. The van der Waals surface area contributed by atoms with E-state index in [1.807, 2.05) is 4.57 Å². The number of rotatable bonds is 2. The second-order valence-corrected chi connectivity index (χ2v) is 7.45. The maximum Gasteiger partial charge on any atom is 0.276 e. The molecule has 26 heavy (non-hydrogen) atoms. The molecule has 0 spiro atoms. The van der Waals surface area contributed by atoms with Gasteiger partial charge >= 0.3 is 0 Å². The van der Waals surface area contributed by atoms with Crippen LogP contribution in [0.1, 0.15) is 22.0 Å². The predicted molar refractivity (Wildman–Crippen MR) is 100 cm³/mol. The number of hydrogen-bond acceptors (Lipinski definition) is 4. The standard InChI is InChI=1S/C17H11Cl2FN4OS/c1-8-22-16(17(25)23-9-2-3-21-15(19)4-9)13-7-26-14-6-11(20)10(18)5-12(14)24(8)13/h2-6H,7H2,1H3,(H,21,23,25). The van der Waals surface area contributed by atoms with Crippen LogP contribution in [0.3, 0.4) is 0 Å². The summed E-state index contributed by atoms with van der Waals surface area (Å²) in [6.45, 7) is 1.79. The minimum atomic E-state index is -0.466. The second-order valence-electron chi connectivity index (χ2n) is 5.63. The lowest BCUT2D eigenvalue weighted by Gasteiger charge is -2.20. The van der Waals surface area contributed by atoms with Crippen LogP contribution in [0.15, 0.2) is 35.4 Å². The Morgan fingerprint density at radius 3 is 2.92 bits per heavy atom. The fourth-order valence-corrected chi connectivity index (χ4v) is 4.21. The summed E-state index contributed by atoms with van der Waals surface area (Å²) in [5.74, 6) is 0.310. The van der Waals surface area contributed by atoms with E-state index < -0.39 is 5.82 Å². The van der Waals surface area contributed by atoms with Crippen LogP contribution in [0, 0.1) is 12.7 Å². The van der Waals surface area contributed by atoms with Gasteiger partial charge in [0.1, 0.15) is 16.8 Å². The molecule has 4 rings (SSSR count). The van der Waals surface area contributed by atoms with E-state index in [4.69, 9.17) is 23.2 Å². The number of nitrogens with one attached hydrogen (secondary N) is 1. The van der Waals surface area contributed by atoms with E-state index >= 15 is 0 Å². The van der Waals surface area contributed by atoms with Gasteiger partial charge in [0.05, 0.1) is 16.4 Å². The molecule has 0 unspecified atom stereocenters.